The van der Waals surface area contributed by atoms with Gasteiger partial charge >= 0.3 is 5.97 Å². The number of nitrogens with one attached hydrogen (secondary N) is 1. The van der Waals surface area contributed by atoms with Crippen LogP contribution in [0.3, 0.4) is 0 Å². The molecule has 112 valence electrons. The SMILES string of the molecule is CCOC(=O)[C@@H](N=Cc1ncc[nH]1)C(OCC)OCC. The van der Waals surface area contributed by atoms with Gasteiger partial charge in [0, 0.05) is 25.6 Å². The number of aliphatic imine (C=N–C) groups is 1. The molecule has 0 spiro atoms. The quantitative estimate of drug-likeness (QED) is 0.417. The van der Waals surface area contributed by atoms with Gasteiger partial charge in [-0.25, -0.2) is 9.78 Å². The van der Waals surface area contributed by atoms with Crippen LogP contribution in [0.5, 0.6) is 0 Å². The average Bonchev–Trinajstić information content (AvgIpc) is 2.93. The Hall–Kier alpha value is -1.73. The maximum absolute atomic E-state index is 12.0. The maximum atomic E-state index is 12.0. The number of carbonyl (C=O) groups is 1. The molecule has 20 heavy (non-hydrogen) atoms. The van der Waals surface area contributed by atoms with Crippen molar-refractivity contribution in [3.63, 3.8) is 0 Å². The molecule has 0 unspecified atom stereocenters. The van der Waals surface area contributed by atoms with Gasteiger partial charge in [-0.3, -0.25) is 4.99 Å². The standard InChI is InChI=1S/C13H21N3O4/c1-4-18-12(17)11(13(19-5-2)20-6-3)16-9-10-14-7-8-15-10/h7-9,11,13H,4-6H2,1-3H3,(H,14,15)/t11-/m1/s1. The third kappa shape index (κ3) is 5.10. The Morgan fingerprint density at radius 3 is 2.55 bits per heavy atom. The zero-order chi connectivity index (χ0) is 14.8. The van der Waals surface area contributed by atoms with Crippen LogP contribution in [0.25, 0.3) is 0 Å². The molecule has 0 aliphatic heterocycles. The third-order valence-corrected chi connectivity index (χ3v) is 2.32. The molecule has 1 rings (SSSR count). The Morgan fingerprint density at radius 2 is 2.05 bits per heavy atom. The summed E-state index contributed by atoms with van der Waals surface area (Å²) in [6, 6.07) is -0.875. The lowest BCUT2D eigenvalue weighted by atomic mass is 10.3. The molecule has 0 bridgehead atoms. The molecule has 1 atom stereocenters. The Bertz CT molecular complexity index is 400. The van der Waals surface area contributed by atoms with Crippen LogP contribution in [0.2, 0.25) is 0 Å². The minimum atomic E-state index is -0.875. The molecule has 0 aliphatic rings. The summed E-state index contributed by atoms with van der Waals surface area (Å²) in [5.41, 5.74) is 0. The van der Waals surface area contributed by atoms with Gasteiger partial charge < -0.3 is 19.2 Å². The van der Waals surface area contributed by atoms with Gasteiger partial charge in [0.05, 0.1) is 12.8 Å². The second-order valence-corrected chi connectivity index (χ2v) is 3.73. The first-order valence-electron chi connectivity index (χ1n) is 6.65. The lowest BCUT2D eigenvalue weighted by Crippen LogP contribution is -2.38. The highest BCUT2D eigenvalue weighted by Gasteiger charge is 2.30. The van der Waals surface area contributed by atoms with Crippen molar-refractivity contribution in [2.45, 2.75) is 33.1 Å². The Labute approximate surface area is 118 Å². The molecule has 0 saturated carbocycles. The minimum Gasteiger partial charge on any atom is -0.464 e. The lowest BCUT2D eigenvalue weighted by molar-refractivity contribution is -0.174. The van der Waals surface area contributed by atoms with Crippen LogP contribution in [-0.2, 0) is 19.0 Å². The Morgan fingerprint density at radius 1 is 1.35 bits per heavy atom. The molecule has 1 N–H and O–H groups in total. The fraction of sp³-hybridized carbons (Fsp3) is 0.615. The van der Waals surface area contributed by atoms with Gasteiger partial charge in [-0.2, -0.15) is 0 Å². The van der Waals surface area contributed by atoms with Gasteiger partial charge in [-0.05, 0) is 20.8 Å². The summed E-state index contributed by atoms with van der Waals surface area (Å²) in [7, 11) is 0. The van der Waals surface area contributed by atoms with E-state index in [1.54, 1.807) is 19.3 Å². The van der Waals surface area contributed by atoms with Crippen molar-refractivity contribution in [1.82, 2.24) is 9.97 Å². The summed E-state index contributed by atoms with van der Waals surface area (Å²) in [5, 5.41) is 0. The highest BCUT2D eigenvalue weighted by Crippen LogP contribution is 2.09. The second-order valence-electron chi connectivity index (χ2n) is 3.73. The average molecular weight is 283 g/mol. The molecule has 0 amide bonds. The van der Waals surface area contributed by atoms with E-state index in [0.29, 0.717) is 19.0 Å². The smallest absolute Gasteiger partial charge is 0.336 e. The fourth-order valence-electron chi connectivity index (χ4n) is 1.53. The first-order chi connectivity index (χ1) is 9.72. The number of carbonyl (C=O) groups excluding carboxylic acids is 1. The third-order valence-electron chi connectivity index (χ3n) is 2.32. The molecule has 1 aromatic rings. The van der Waals surface area contributed by atoms with Crippen molar-refractivity contribution in [2.24, 2.45) is 4.99 Å². The summed E-state index contributed by atoms with van der Waals surface area (Å²) in [6.07, 6.45) is 3.97. The highest BCUT2D eigenvalue weighted by atomic mass is 16.7. The zero-order valence-corrected chi connectivity index (χ0v) is 12.0. The normalized spacial score (nSPS) is 13.0. The van der Waals surface area contributed by atoms with E-state index in [2.05, 4.69) is 15.0 Å². The summed E-state index contributed by atoms with van der Waals surface area (Å²) in [5.74, 6) is 0.0632. The van der Waals surface area contributed by atoms with Crippen LogP contribution in [0.1, 0.15) is 26.6 Å². The van der Waals surface area contributed by atoms with Crippen LogP contribution in [0, 0.1) is 0 Å². The first-order valence-corrected chi connectivity index (χ1v) is 6.65. The van der Waals surface area contributed by atoms with Crippen molar-refractivity contribution >= 4 is 12.2 Å². The van der Waals surface area contributed by atoms with E-state index in [4.69, 9.17) is 14.2 Å². The molecule has 7 nitrogen and oxygen atoms in total. The topological polar surface area (TPSA) is 85.8 Å². The molecule has 7 heteroatoms. The van der Waals surface area contributed by atoms with Crippen LogP contribution < -0.4 is 0 Å². The van der Waals surface area contributed by atoms with Crippen LogP contribution in [0.4, 0.5) is 0 Å². The highest BCUT2D eigenvalue weighted by molar-refractivity contribution is 5.81. The number of rotatable bonds is 9. The largest absolute Gasteiger partial charge is 0.464 e. The number of imidazole rings is 1. The van der Waals surface area contributed by atoms with E-state index in [0.717, 1.165) is 0 Å². The molecule has 0 aromatic carbocycles. The molecule has 0 fully saturated rings. The molecule has 1 aromatic heterocycles. The number of ether oxygens (including phenoxy) is 3. The number of esters is 1. The molecule has 0 aliphatic carbocycles. The first kappa shape index (κ1) is 16.3. The summed E-state index contributed by atoms with van der Waals surface area (Å²) in [6.45, 7) is 6.49. The van der Waals surface area contributed by atoms with Crippen LogP contribution >= 0.6 is 0 Å². The fourth-order valence-corrected chi connectivity index (χ4v) is 1.53. The predicted octanol–water partition coefficient (Wildman–Crippen LogP) is 1.16. The number of aromatic nitrogens is 2. The number of H-pyrrole nitrogens is 1. The van der Waals surface area contributed by atoms with Crippen molar-refractivity contribution in [3.8, 4) is 0 Å². The van der Waals surface area contributed by atoms with Gasteiger partial charge in [0.15, 0.2) is 12.3 Å². The molecular formula is C13H21N3O4. The number of hydrogen-bond donors (Lipinski definition) is 1. The van der Waals surface area contributed by atoms with Crippen LogP contribution in [0.15, 0.2) is 17.4 Å². The number of nitrogens with zero attached hydrogens (tertiary/aromatic N) is 2. The summed E-state index contributed by atoms with van der Waals surface area (Å²) < 4.78 is 15.8. The lowest BCUT2D eigenvalue weighted by Gasteiger charge is -2.22. The summed E-state index contributed by atoms with van der Waals surface area (Å²) in [4.78, 5) is 23.0. The monoisotopic (exact) mass is 283 g/mol. The van der Waals surface area contributed by atoms with Crippen LogP contribution in [-0.4, -0.2) is 54.3 Å². The van der Waals surface area contributed by atoms with E-state index < -0.39 is 18.3 Å². The van der Waals surface area contributed by atoms with Gasteiger partial charge in [-0.1, -0.05) is 0 Å². The van der Waals surface area contributed by atoms with Gasteiger partial charge in [-0.15, -0.1) is 0 Å². The number of aromatic amines is 1. The molecule has 0 saturated heterocycles. The van der Waals surface area contributed by atoms with Crippen molar-refractivity contribution in [1.29, 1.82) is 0 Å². The second kappa shape index (κ2) is 9.22. The minimum absolute atomic E-state index is 0.274. The van der Waals surface area contributed by atoms with E-state index in [9.17, 15) is 4.79 Å². The maximum Gasteiger partial charge on any atom is 0.336 e. The van der Waals surface area contributed by atoms with Crippen molar-refractivity contribution in [2.75, 3.05) is 19.8 Å². The van der Waals surface area contributed by atoms with Gasteiger partial charge in [0.1, 0.15) is 5.82 Å². The molecule has 0 radical (unpaired) electrons. The van der Waals surface area contributed by atoms with Gasteiger partial charge in [0.25, 0.3) is 0 Å². The van der Waals surface area contributed by atoms with E-state index >= 15 is 0 Å². The van der Waals surface area contributed by atoms with E-state index in [1.807, 2.05) is 13.8 Å². The molecular weight excluding hydrogens is 262 g/mol. The molecule has 1 heterocycles. The summed E-state index contributed by atoms with van der Waals surface area (Å²) >= 11 is 0. The van der Waals surface area contributed by atoms with Gasteiger partial charge in [0.2, 0.25) is 0 Å². The Balaban J connectivity index is 2.84. The predicted molar refractivity (Wildman–Crippen MR) is 73.6 cm³/mol. The number of hydrogen-bond acceptors (Lipinski definition) is 6. The van der Waals surface area contributed by atoms with Crippen molar-refractivity contribution < 1.29 is 19.0 Å². The van der Waals surface area contributed by atoms with E-state index in [-0.39, 0.29) is 6.61 Å². The Kier molecular flexibility index (Phi) is 7.52. The van der Waals surface area contributed by atoms with E-state index in [1.165, 1.54) is 6.21 Å². The zero-order valence-electron chi connectivity index (χ0n) is 12.0. The van der Waals surface area contributed by atoms with Crippen molar-refractivity contribution in [3.05, 3.63) is 18.2 Å².